The predicted octanol–water partition coefficient (Wildman–Crippen LogP) is 2.59. The number of hydrogen-bond acceptors (Lipinski definition) is 6. The van der Waals surface area contributed by atoms with Gasteiger partial charge in [0.15, 0.2) is 0 Å². The molecular weight excluding hydrogens is 360 g/mol. The van der Waals surface area contributed by atoms with Crippen LogP contribution in [-0.2, 0) is 24.1 Å². The minimum atomic E-state index is -0.558. The van der Waals surface area contributed by atoms with E-state index < -0.39 is 17.4 Å². The maximum Gasteiger partial charge on any atom is 0.336 e. The van der Waals surface area contributed by atoms with Gasteiger partial charge in [-0.05, 0) is 31.4 Å². The molecule has 28 heavy (non-hydrogen) atoms. The van der Waals surface area contributed by atoms with Gasteiger partial charge in [0.1, 0.15) is 17.2 Å². The van der Waals surface area contributed by atoms with Crippen molar-refractivity contribution in [1.82, 2.24) is 10.5 Å². The van der Waals surface area contributed by atoms with Crippen LogP contribution in [-0.4, -0.2) is 17.0 Å². The molecule has 0 bridgehead atoms. The Hall–Kier alpha value is -3.48. The SMILES string of the molecule is Cc1cccc(-c2cc(CCCc3cc(=O)oc4c3C(=O)NC(=O)C4)on2)c1. The minimum absolute atomic E-state index is 0.105. The lowest BCUT2D eigenvalue weighted by Crippen LogP contribution is -2.38. The number of nitrogens with zero attached hydrogens (tertiary/aromatic N) is 1. The fourth-order valence-corrected chi connectivity index (χ4v) is 3.39. The minimum Gasteiger partial charge on any atom is -0.426 e. The van der Waals surface area contributed by atoms with Crippen LogP contribution in [0.5, 0.6) is 0 Å². The molecule has 0 fully saturated rings. The molecule has 2 aromatic heterocycles. The maximum absolute atomic E-state index is 12.1. The van der Waals surface area contributed by atoms with Crippen molar-refractivity contribution in [2.75, 3.05) is 0 Å². The Morgan fingerprint density at radius 3 is 2.79 bits per heavy atom. The molecule has 0 radical (unpaired) electrons. The fraction of sp³-hybridized carbons (Fsp3) is 0.238. The van der Waals surface area contributed by atoms with Gasteiger partial charge in [0.05, 0.1) is 12.0 Å². The number of fused-ring (bicyclic) bond motifs is 1. The van der Waals surface area contributed by atoms with E-state index in [0.29, 0.717) is 24.8 Å². The summed E-state index contributed by atoms with van der Waals surface area (Å²) in [5.41, 5.74) is 3.22. The molecule has 1 aliphatic rings. The molecule has 0 spiro atoms. The van der Waals surface area contributed by atoms with Crippen LogP contribution >= 0.6 is 0 Å². The van der Waals surface area contributed by atoms with Gasteiger partial charge in [-0.25, -0.2) is 4.79 Å². The standard InChI is InChI=1S/C21H18N2O5/c1-12-4-2-5-13(8-12)16-10-15(28-23-16)7-3-6-14-9-19(25)27-17-11-18(24)22-21(26)20(14)17/h2,4-5,8-10H,3,6-7,11H2,1H3,(H,22,24,26). The summed E-state index contributed by atoms with van der Waals surface area (Å²) in [5, 5.41) is 6.38. The van der Waals surface area contributed by atoms with Gasteiger partial charge in [-0.1, -0.05) is 28.9 Å². The fourth-order valence-electron chi connectivity index (χ4n) is 3.39. The van der Waals surface area contributed by atoms with Crippen LogP contribution in [0.3, 0.4) is 0 Å². The molecule has 3 aromatic rings. The van der Waals surface area contributed by atoms with E-state index in [-0.39, 0.29) is 17.7 Å². The number of imide groups is 1. The van der Waals surface area contributed by atoms with Gasteiger partial charge < -0.3 is 8.94 Å². The number of aryl methyl sites for hydroxylation is 3. The largest absolute Gasteiger partial charge is 0.426 e. The van der Waals surface area contributed by atoms with E-state index in [4.69, 9.17) is 8.94 Å². The lowest BCUT2D eigenvalue weighted by atomic mass is 9.97. The lowest BCUT2D eigenvalue weighted by molar-refractivity contribution is -0.120. The summed E-state index contributed by atoms with van der Waals surface area (Å²) in [6.07, 6.45) is 1.63. The average Bonchev–Trinajstić information content (AvgIpc) is 3.09. The monoisotopic (exact) mass is 378 g/mol. The number of nitrogens with one attached hydrogen (secondary N) is 1. The van der Waals surface area contributed by atoms with Crippen LogP contribution in [0.15, 0.2) is 50.1 Å². The molecule has 2 amide bonds. The molecule has 0 saturated heterocycles. The molecule has 7 heteroatoms. The molecule has 1 N–H and O–H groups in total. The average molecular weight is 378 g/mol. The predicted molar refractivity (Wildman–Crippen MR) is 99.9 cm³/mol. The quantitative estimate of drug-likeness (QED) is 0.685. The first-order valence-electron chi connectivity index (χ1n) is 9.02. The van der Waals surface area contributed by atoms with Crippen LogP contribution < -0.4 is 10.9 Å². The van der Waals surface area contributed by atoms with Gasteiger partial charge in [-0.15, -0.1) is 0 Å². The number of aromatic nitrogens is 1. The maximum atomic E-state index is 12.1. The zero-order valence-corrected chi connectivity index (χ0v) is 15.3. The van der Waals surface area contributed by atoms with Crippen LogP contribution in [0, 0.1) is 6.92 Å². The Balaban J connectivity index is 1.47. The van der Waals surface area contributed by atoms with Crippen molar-refractivity contribution >= 4 is 11.8 Å². The highest BCUT2D eigenvalue weighted by atomic mass is 16.5. The van der Waals surface area contributed by atoms with Gasteiger partial charge in [0.25, 0.3) is 5.91 Å². The highest BCUT2D eigenvalue weighted by Crippen LogP contribution is 2.22. The molecule has 0 saturated carbocycles. The van der Waals surface area contributed by atoms with Crippen LogP contribution in [0.1, 0.15) is 39.4 Å². The molecule has 7 nitrogen and oxygen atoms in total. The van der Waals surface area contributed by atoms with E-state index in [9.17, 15) is 14.4 Å². The van der Waals surface area contributed by atoms with Gasteiger partial charge >= 0.3 is 5.63 Å². The normalized spacial score (nSPS) is 13.3. The number of benzene rings is 1. The van der Waals surface area contributed by atoms with E-state index in [2.05, 4.69) is 10.5 Å². The summed E-state index contributed by atoms with van der Waals surface area (Å²) in [5.74, 6) is -0.125. The number of hydrogen-bond donors (Lipinski definition) is 1. The van der Waals surface area contributed by atoms with Crippen molar-refractivity contribution < 1.29 is 18.5 Å². The molecule has 0 unspecified atom stereocenters. The van der Waals surface area contributed by atoms with Crippen molar-refractivity contribution in [1.29, 1.82) is 0 Å². The van der Waals surface area contributed by atoms with Crippen LogP contribution in [0.2, 0.25) is 0 Å². The molecule has 142 valence electrons. The van der Waals surface area contributed by atoms with Crippen molar-refractivity contribution in [3.05, 3.63) is 75.0 Å². The summed E-state index contributed by atoms with van der Waals surface area (Å²) < 4.78 is 10.5. The van der Waals surface area contributed by atoms with Crippen LogP contribution in [0.4, 0.5) is 0 Å². The molecule has 3 heterocycles. The van der Waals surface area contributed by atoms with Crippen molar-refractivity contribution in [3.8, 4) is 11.3 Å². The first kappa shape index (κ1) is 17.9. The van der Waals surface area contributed by atoms with Gasteiger partial charge in [0.2, 0.25) is 5.91 Å². The van der Waals surface area contributed by atoms with E-state index in [1.807, 2.05) is 37.3 Å². The van der Waals surface area contributed by atoms with Crippen molar-refractivity contribution in [2.45, 2.75) is 32.6 Å². The van der Waals surface area contributed by atoms with E-state index >= 15 is 0 Å². The van der Waals surface area contributed by atoms with Crippen molar-refractivity contribution in [3.63, 3.8) is 0 Å². The first-order valence-corrected chi connectivity index (χ1v) is 9.02. The lowest BCUT2D eigenvalue weighted by Gasteiger charge is -2.16. The molecule has 1 aromatic carbocycles. The van der Waals surface area contributed by atoms with Gasteiger partial charge in [-0.3, -0.25) is 14.9 Å². The first-order chi connectivity index (χ1) is 13.5. The third-order valence-corrected chi connectivity index (χ3v) is 4.66. The van der Waals surface area contributed by atoms with Crippen molar-refractivity contribution in [2.24, 2.45) is 0 Å². The number of carbonyl (C=O) groups excluding carboxylic acids is 2. The van der Waals surface area contributed by atoms with E-state index in [1.54, 1.807) is 0 Å². The molecule has 4 rings (SSSR count). The zero-order valence-electron chi connectivity index (χ0n) is 15.3. The Morgan fingerprint density at radius 2 is 1.96 bits per heavy atom. The second kappa shape index (κ2) is 7.26. The van der Waals surface area contributed by atoms with Gasteiger partial charge in [0, 0.05) is 24.1 Å². The Kier molecular flexibility index (Phi) is 4.65. The highest BCUT2D eigenvalue weighted by Gasteiger charge is 2.27. The number of carbonyl (C=O) groups is 2. The smallest absolute Gasteiger partial charge is 0.336 e. The Bertz CT molecular complexity index is 1130. The number of amides is 2. The third-order valence-electron chi connectivity index (χ3n) is 4.66. The molecule has 0 atom stereocenters. The molecule has 1 aliphatic heterocycles. The molecule has 0 aliphatic carbocycles. The summed E-state index contributed by atoms with van der Waals surface area (Å²) in [6.45, 7) is 2.02. The Labute approximate surface area is 160 Å². The second-order valence-corrected chi connectivity index (χ2v) is 6.84. The molecular formula is C21H18N2O5. The van der Waals surface area contributed by atoms with E-state index in [0.717, 1.165) is 22.6 Å². The topological polar surface area (TPSA) is 102 Å². The van der Waals surface area contributed by atoms with Crippen LogP contribution in [0.25, 0.3) is 11.3 Å². The zero-order chi connectivity index (χ0) is 19.7. The summed E-state index contributed by atoms with van der Waals surface area (Å²) >= 11 is 0. The van der Waals surface area contributed by atoms with Gasteiger partial charge in [-0.2, -0.15) is 0 Å². The summed E-state index contributed by atoms with van der Waals surface area (Å²) in [7, 11) is 0. The summed E-state index contributed by atoms with van der Waals surface area (Å²) in [6, 6.07) is 11.2. The van der Waals surface area contributed by atoms with E-state index in [1.165, 1.54) is 6.07 Å². The highest BCUT2D eigenvalue weighted by molar-refractivity contribution is 6.09. The Morgan fingerprint density at radius 1 is 1.11 bits per heavy atom. The third kappa shape index (κ3) is 3.64. The second-order valence-electron chi connectivity index (χ2n) is 6.84. The summed E-state index contributed by atoms with van der Waals surface area (Å²) in [4.78, 5) is 35.4. The number of rotatable bonds is 5.